The van der Waals surface area contributed by atoms with Gasteiger partial charge < -0.3 is 10.2 Å². The molecule has 0 aromatic heterocycles. The van der Waals surface area contributed by atoms with E-state index in [0.717, 1.165) is 0 Å². The molecule has 217 valence electrons. The van der Waals surface area contributed by atoms with E-state index in [1.165, 1.54) is 92.7 Å². The van der Waals surface area contributed by atoms with Crippen LogP contribution < -0.4 is 21.1 Å². The Labute approximate surface area is 259 Å². The van der Waals surface area contributed by atoms with Gasteiger partial charge in [-0.1, -0.05) is 120 Å². The van der Waals surface area contributed by atoms with Crippen LogP contribution in [0.5, 0.6) is 0 Å². The summed E-state index contributed by atoms with van der Waals surface area (Å²) in [6.07, 6.45) is 5.07. The quantitative estimate of drug-likeness (QED) is 0.233. The van der Waals surface area contributed by atoms with Crippen molar-refractivity contribution in [2.75, 3.05) is 10.2 Å². The van der Waals surface area contributed by atoms with E-state index in [-0.39, 0.29) is 21.8 Å². The second kappa shape index (κ2) is 8.59. The van der Waals surface area contributed by atoms with Gasteiger partial charge in [0.15, 0.2) is 7.28 Å². The molecule has 1 saturated carbocycles. The standard InChI is InChI=1S/C40H44BN2/c1-24-20-27(26-14-13-16-29-35(26)42-32-17-10-9-15-28(32)38(29,5)6)34-33(21-24)43-36-30(39(7)18-11-12-19-40(39,43)8)22-25(37(2,3)4)23-31(36)41-34/h9-10,13-17,20-23,42H,11-12,18-19H2,1-8H3. The van der Waals surface area contributed by atoms with Gasteiger partial charge in [-0.25, -0.2) is 0 Å². The van der Waals surface area contributed by atoms with E-state index < -0.39 is 0 Å². The average molecular weight is 564 g/mol. The van der Waals surface area contributed by atoms with Crippen LogP contribution in [0.3, 0.4) is 0 Å². The van der Waals surface area contributed by atoms with Crippen LogP contribution in [0.15, 0.2) is 66.7 Å². The van der Waals surface area contributed by atoms with Gasteiger partial charge in [-0.15, -0.1) is 0 Å². The predicted molar refractivity (Wildman–Crippen MR) is 185 cm³/mol. The number of rotatable bonds is 1. The molecule has 3 heteroatoms. The van der Waals surface area contributed by atoms with Crippen molar-refractivity contribution in [3.05, 3.63) is 94.5 Å². The highest BCUT2D eigenvalue weighted by Gasteiger charge is 2.59. The summed E-state index contributed by atoms with van der Waals surface area (Å²) in [6, 6.07) is 25.7. The van der Waals surface area contributed by atoms with Gasteiger partial charge in [-0.3, -0.25) is 0 Å². The van der Waals surface area contributed by atoms with Crippen molar-refractivity contribution in [2.45, 2.75) is 103 Å². The van der Waals surface area contributed by atoms with Crippen molar-refractivity contribution in [1.29, 1.82) is 0 Å². The monoisotopic (exact) mass is 563 g/mol. The van der Waals surface area contributed by atoms with E-state index in [2.05, 4.69) is 140 Å². The summed E-state index contributed by atoms with van der Waals surface area (Å²) in [6.45, 7) is 19.2. The Morgan fingerprint density at radius 1 is 0.791 bits per heavy atom. The maximum absolute atomic E-state index is 3.90. The minimum Gasteiger partial charge on any atom is -0.355 e. The minimum absolute atomic E-state index is 0.0439. The lowest BCUT2D eigenvalue weighted by Crippen LogP contribution is -2.57. The molecule has 43 heavy (non-hydrogen) atoms. The zero-order valence-electron chi connectivity index (χ0n) is 27.2. The van der Waals surface area contributed by atoms with Gasteiger partial charge in [0.1, 0.15) is 0 Å². The van der Waals surface area contributed by atoms with Crippen LogP contribution in [-0.2, 0) is 16.2 Å². The van der Waals surface area contributed by atoms with Crippen LogP contribution in [0.4, 0.5) is 22.7 Å². The molecule has 4 aromatic carbocycles. The first-order valence-corrected chi connectivity index (χ1v) is 16.3. The Kier molecular flexibility index (Phi) is 5.42. The predicted octanol–water partition coefficient (Wildman–Crippen LogP) is 9.05. The lowest BCUT2D eigenvalue weighted by Gasteiger charge is -2.51. The fraction of sp³-hybridized carbons (Fsp3) is 0.400. The fourth-order valence-electron chi connectivity index (χ4n) is 9.12. The summed E-state index contributed by atoms with van der Waals surface area (Å²) in [7, 11) is 2.53. The number of benzene rings is 4. The third-order valence-electron chi connectivity index (χ3n) is 11.8. The topological polar surface area (TPSA) is 15.3 Å². The smallest absolute Gasteiger partial charge is 0.197 e. The molecule has 1 radical (unpaired) electrons. The van der Waals surface area contributed by atoms with Gasteiger partial charge >= 0.3 is 0 Å². The molecular weight excluding hydrogens is 519 g/mol. The number of hydrogen-bond acceptors (Lipinski definition) is 2. The van der Waals surface area contributed by atoms with Crippen molar-refractivity contribution < 1.29 is 0 Å². The Balaban J connectivity index is 1.40. The number of hydrogen-bond donors (Lipinski definition) is 1. The van der Waals surface area contributed by atoms with Crippen LogP contribution in [0.1, 0.15) is 102 Å². The number of anilines is 4. The zero-order chi connectivity index (χ0) is 30.1. The molecular formula is C40H44BN2. The molecule has 3 aliphatic heterocycles. The highest BCUT2D eigenvalue weighted by molar-refractivity contribution is 6.73. The number of fused-ring (bicyclic) bond motifs is 7. The third kappa shape index (κ3) is 3.48. The summed E-state index contributed by atoms with van der Waals surface area (Å²) in [5.74, 6) is 0. The van der Waals surface area contributed by atoms with E-state index in [4.69, 9.17) is 0 Å². The van der Waals surface area contributed by atoms with Crippen molar-refractivity contribution >= 4 is 41.0 Å². The van der Waals surface area contributed by atoms with Crippen LogP contribution in [0.2, 0.25) is 0 Å². The molecule has 1 N–H and O–H groups in total. The SMILES string of the molecule is Cc1cc(-c2cccc3c2Nc2ccccc2C3(C)C)c2c(c1)N1c3c(cc(C(C)(C)C)cc3C3(C)CCCCC13C)[B]2. The van der Waals surface area contributed by atoms with E-state index in [1.54, 1.807) is 5.56 Å². The van der Waals surface area contributed by atoms with E-state index in [9.17, 15) is 0 Å². The Hall–Kier alpha value is -3.46. The molecule has 3 heterocycles. The molecule has 0 amide bonds. The maximum atomic E-state index is 3.90. The summed E-state index contributed by atoms with van der Waals surface area (Å²) in [5.41, 5.74) is 17.9. The summed E-state index contributed by atoms with van der Waals surface area (Å²) < 4.78 is 0. The normalized spacial score (nSPS) is 24.1. The van der Waals surface area contributed by atoms with Crippen LogP contribution in [0.25, 0.3) is 11.1 Å². The van der Waals surface area contributed by atoms with Gasteiger partial charge in [0.05, 0.1) is 11.2 Å². The van der Waals surface area contributed by atoms with Crippen molar-refractivity contribution in [2.24, 2.45) is 0 Å². The largest absolute Gasteiger partial charge is 0.355 e. The summed E-state index contributed by atoms with van der Waals surface area (Å²) in [4.78, 5) is 2.80. The van der Waals surface area contributed by atoms with Gasteiger partial charge in [0.25, 0.3) is 0 Å². The fourth-order valence-corrected chi connectivity index (χ4v) is 9.12. The second-order valence-electron chi connectivity index (χ2n) is 15.8. The van der Waals surface area contributed by atoms with Gasteiger partial charge in [0, 0.05) is 33.5 Å². The Bertz CT molecular complexity index is 1840. The Morgan fingerprint density at radius 3 is 2.33 bits per heavy atom. The first kappa shape index (κ1) is 27.1. The van der Waals surface area contributed by atoms with Crippen LogP contribution in [-0.4, -0.2) is 12.8 Å². The maximum Gasteiger partial charge on any atom is 0.197 e. The van der Waals surface area contributed by atoms with Gasteiger partial charge in [-0.05, 0) is 77.6 Å². The molecule has 0 saturated heterocycles. The minimum atomic E-state index is -0.0871. The average Bonchev–Trinajstić information content (AvgIpc) is 3.17. The number of aryl methyl sites for hydroxylation is 1. The molecule has 0 bridgehead atoms. The Morgan fingerprint density at radius 2 is 1.53 bits per heavy atom. The highest BCUT2D eigenvalue weighted by atomic mass is 15.3. The molecule has 0 spiro atoms. The zero-order valence-corrected chi connectivity index (χ0v) is 27.2. The van der Waals surface area contributed by atoms with E-state index >= 15 is 0 Å². The van der Waals surface area contributed by atoms with Crippen molar-refractivity contribution in [3.63, 3.8) is 0 Å². The first-order valence-electron chi connectivity index (χ1n) is 16.3. The first-order chi connectivity index (χ1) is 20.3. The number of nitrogens with one attached hydrogen (secondary N) is 1. The van der Waals surface area contributed by atoms with Gasteiger partial charge in [-0.2, -0.15) is 0 Å². The molecule has 2 atom stereocenters. The highest BCUT2D eigenvalue weighted by Crippen LogP contribution is 2.61. The molecule has 1 fully saturated rings. The summed E-state index contributed by atoms with van der Waals surface area (Å²) in [5, 5.41) is 3.90. The summed E-state index contributed by atoms with van der Waals surface area (Å²) >= 11 is 0. The lowest BCUT2D eigenvalue weighted by atomic mass is 9.57. The van der Waals surface area contributed by atoms with Crippen LogP contribution in [0, 0.1) is 6.92 Å². The third-order valence-corrected chi connectivity index (χ3v) is 11.8. The lowest BCUT2D eigenvalue weighted by molar-refractivity contribution is 0.195. The van der Waals surface area contributed by atoms with E-state index in [1.807, 2.05) is 0 Å². The van der Waals surface area contributed by atoms with E-state index in [0.29, 0.717) is 0 Å². The van der Waals surface area contributed by atoms with Crippen LogP contribution >= 0.6 is 0 Å². The second-order valence-corrected chi connectivity index (χ2v) is 15.8. The molecule has 8 rings (SSSR count). The van der Waals surface area contributed by atoms with Gasteiger partial charge in [0.2, 0.25) is 0 Å². The molecule has 4 aliphatic rings. The number of para-hydroxylation sites is 2. The molecule has 2 nitrogen and oxygen atoms in total. The number of nitrogens with zero attached hydrogens (tertiary/aromatic N) is 1. The molecule has 1 aliphatic carbocycles. The van der Waals surface area contributed by atoms with Crippen molar-refractivity contribution in [3.8, 4) is 11.1 Å². The van der Waals surface area contributed by atoms with Crippen molar-refractivity contribution in [1.82, 2.24) is 0 Å². The molecule has 4 aromatic rings. The molecule has 2 unspecified atom stereocenters.